The predicted molar refractivity (Wildman–Crippen MR) is 131 cm³/mol. The summed E-state index contributed by atoms with van der Waals surface area (Å²) < 4.78 is 33.9. The van der Waals surface area contributed by atoms with E-state index in [1.54, 1.807) is 29.4 Å². The van der Waals surface area contributed by atoms with E-state index in [1.807, 2.05) is 48.5 Å². The number of amides is 1. The van der Waals surface area contributed by atoms with Crippen molar-refractivity contribution in [3.05, 3.63) is 89.9 Å². The summed E-state index contributed by atoms with van der Waals surface area (Å²) in [5.41, 5.74) is 1.96. The first-order chi connectivity index (χ1) is 16.1. The standard InChI is InChI=1S/C27H32N2O4S/c1-27(2,3)22-11-15-25(16-12-22)34(31,32)29(23-13-14-23)20-26(30)28(19-24-10-7-17-33-24)18-21-8-5-4-6-9-21/h4-12,15-17,23H,13-14,18-20H2,1-3H3. The van der Waals surface area contributed by atoms with E-state index in [0.29, 0.717) is 12.3 Å². The summed E-state index contributed by atoms with van der Waals surface area (Å²) in [6, 6.07) is 20.2. The fraction of sp³-hybridized carbons (Fsp3) is 0.370. The van der Waals surface area contributed by atoms with E-state index in [1.165, 1.54) is 4.31 Å². The SMILES string of the molecule is CC(C)(C)c1ccc(S(=O)(=O)N(CC(=O)N(Cc2ccccc2)Cc2ccco2)C2CC2)cc1. The average molecular weight is 481 g/mol. The second-order valence-electron chi connectivity index (χ2n) is 9.87. The maximum atomic E-state index is 13.5. The highest BCUT2D eigenvalue weighted by Crippen LogP contribution is 2.33. The quantitative estimate of drug-likeness (QED) is 0.434. The Morgan fingerprint density at radius 2 is 1.62 bits per heavy atom. The first kappa shape index (κ1) is 24.2. The molecule has 0 aliphatic heterocycles. The van der Waals surface area contributed by atoms with E-state index >= 15 is 0 Å². The molecule has 0 bridgehead atoms. The van der Waals surface area contributed by atoms with Crippen LogP contribution in [0, 0.1) is 0 Å². The van der Waals surface area contributed by atoms with Gasteiger partial charge in [-0.1, -0.05) is 63.2 Å². The largest absolute Gasteiger partial charge is 0.467 e. The van der Waals surface area contributed by atoms with Gasteiger partial charge in [0.25, 0.3) is 0 Å². The van der Waals surface area contributed by atoms with Crippen molar-refractivity contribution in [2.24, 2.45) is 0 Å². The van der Waals surface area contributed by atoms with Crippen LogP contribution >= 0.6 is 0 Å². The third kappa shape index (κ3) is 5.77. The highest BCUT2D eigenvalue weighted by atomic mass is 32.2. The minimum Gasteiger partial charge on any atom is -0.467 e. The van der Waals surface area contributed by atoms with E-state index < -0.39 is 10.0 Å². The molecule has 0 unspecified atom stereocenters. The van der Waals surface area contributed by atoms with Crippen molar-refractivity contribution < 1.29 is 17.6 Å². The first-order valence-electron chi connectivity index (χ1n) is 11.6. The Morgan fingerprint density at radius 1 is 0.941 bits per heavy atom. The molecular formula is C27H32N2O4S. The van der Waals surface area contributed by atoms with Gasteiger partial charge in [-0.2, -0.15) is 4.31 Å². The summed E-state index contributed by atoms with van der Waals surface area (Å²) >= 11 is 0. The lowest BCUT2D eigenvalue weighted by atomic mass is 9.87. The second kappa shape index (κ2) is 9.76. The van der Waals surface area contributed by atoms with Gasteiger partial charge in [0.2, 0.25) is 15.9 Å². The highest BCUT2D eigenvalue weighted by molar-refractivity contribution is 7.89. The number of carbonyl (C=O) groups excluding carboxylic acids is 1. The summed E-state index contributed by atoms with van der Waals surface area (Å²) in [5, 5.41) is 0. The van der Waals surface area contributed by atoms with E-state index in [-0.39, 0.29) is 35.3 Å². The molecule has 4 rings (SSSR count). The molecule has 0 atom stereocenters. The zero-order valence-electron chi connectivity index (χ0n) is 20.0. The molecule has 0 N–H and O–H groups in total. The minimum atomic E-state index is -3.80. The van der Waals surface area contributed by atoms with E-state index in [4.69, 9.17) is 4.42 Å². The van der Waals surface area contributed by atoms with E-state index in [0.717, 1.165) is 24.0 Å². The molecule has 1 heterocycles. The van der Waals surface area contributed by atoms with Crippen LogP contribution in [0.3, 0.4) is 0 Å². The predicted octanol–water partition coefficient (Wildman–Crippen LogP) is 4.96. The number of rotatable bonds is 9. The van der Waals surface area contributed by atoms with Crippen molar-refractivity contribution in [1.82, 2.24) is 9.21 Å². The summed E-state index contributed by atoms with van der Waals surface area (Å²) in [4.78, 5) is 15.3. The van der Waals surface area contributed by atoms with Gasteiger partial charge in [-0.05, 0) is 53.6 Å². The number of hydrogen-bond acceptors (Lipinski definition) is 4. The van der Waals surface area contributed by atoms with Crippen LogP contribution < -0.4 is 0 Å². The maximum Gasteiger partial charge on any atom is 0.243 e. The molecular weight excluding hydrogens is 448 g/mol. The lowest BCUT2D eigenvalue weighted by molar-refractivity contribution is -0.133. The number of hydrogen-bond donors (Lipinski definition) is 0. The second-order valence-corrected chi connectivity index (χ2v) is 11.8. The van der Waals surface area contributed by atoms with Crippen LogP contribution in [0.15, 0.2) is 82.3 Å². The topological polar surface area (TPSA) is 70.8 Å². The third-order valence-corrected chi connectivity index (χ3v) is 7.98. The summed E-state index contributed by atoms with van der Waals surface area (Å²) in [6.45, 7) is 6.73. The fourth-order valence-corrected chi connectivity index (χ4v) is 5.53. The number of nitrogens with zero attached hydrogens (tertiary/aromatic N) is 2. The van der Waals surface area contributed by atoms with E-state index in [2.05, 4.69) is 20.8 Å². The normalized spacial score (nSPS) is 14.4. The smallest absolute Gasteiger partial charge is 0.243 e. The number of benzene rings is 2. The highest BCUT2D eigenvalue weighted by Gasteiger charge is 2.40. The van der Waals surface area contributed by atoms with Crippen molar-refractivity contribution in [2.45, 2.75) is 63.1 Å². The molecule has 1 aliphatic carbocycles. The molecule has 7 heteroatoms. The number of furan rings is 1. The molecule has 1 aromatic heterocycles. The van der Waals surface area contributed by atoms with Crippen LogP contribution in [0.5, 0.6) is 0 Å². The molecule has 34 heavy (non-hydrogen) atoms. The Morgan fingerprint density at radius 3 is 2.18 bits per heavy atom. The van der Waals surface area contributed by atoms with Crippen molar-refractivity contribution in [3.63, 3.8) is 0 Å². The van der Waals surface area contributed by atoms with Crippen molar-refractivity contribution in [2.75, 3.05) is 6.54 Å². The molecule has 6 nitrogen and oxygen atoms in total. The monoisotopic (exact) mass is 480 g/mol. The van der Waals surface area contributed by atoms with Gasteiger partial charge < -0.3 is 9.32 Å². The fourth-order valence-electron chi connectivity index (χ4n) is 3.90. The van der Waals surface area contributed by atoms with Crippen molar-refractivity contribution in [1.29, 1.82) is 0 Å². The van der Waals surface area contributed by atoms with Crippen LogP contribution in [-0.4, -0.2) is 36.1 Å². The number of carbonyl (C=O) groups is 1. The maximum absolute atomic E-state index is 13.5. The molecule has 2 aromatic carbocycles. The molecule has 180 valence electrons. The van der Waals surface area contributed by atoms with Gasteiger partial charge in [-0.25, -0.2) is 8.42 Å². The van der Waals surface area contributed by atoms with Gasteiger partial charge in [0.15, 0.2) is 0 Å². The molecule has 0 radical (unpaired) electrons. The first-order valence-corrected chi connectivity index (χ1v) is 13.0. The van der Waals surface area contributed by atoms with Gasteiger partial charge in [0.1, 0.15) is 5.76 Å². The molecule has 3 aromatic rings. The Bertz CT molecular complexity index is 1190. The van der Waals surface area contributed by atoms with Gasteiger partial charge in [0, 0.05) is 12.6 Å². The van der Waals surface area contributed by atoms with Crippen molar-refractivity contribution >= 4 is 15.9 Å². The average Bonchev–Trinajstić information content (AvgIpc) is 3.52. The van der Waals surface area contributed by atoms with Crippen LogP contribution in [0.1, 0.15) is 50.5 Å². The van der Waals surface area contributed by atoms with Crippen LogP contribution in [-0.2, 0) is 33.3 Å². The van der Waals surface area contributed by atoms with Crippen LogP contribution in [0.2, 0.25) is 0 Å². The van der Waals surface area contributed by atoms with Crippen molar-refractivity contribution in [3.8, 4) is 0 Å². The summed E-state index contributed by atoms with van der Waals surface area (Å²) in [6.07, 6.45) is 3.11. The minimum absolute atomic E-state index is 0.0712. The van der Waals surface area contributed by atoms with Gasteiger partial charge in [-0.3, -0.25) is 4.79 Å². The Hall–Kier alpha value is -2.90. The lowest BCUT2D eigenvalue weighted by Crippen LogP contribution is -2.43. The molecule has 0 spiro atoms. The van der Waals surface area contributed by atoms with Gasteiger partial charge in [0.05, 0.1) is 24.2 Å². The molecule has 1 fully saturated rings. The Labute approximate surface area is 202 Å². The lowest BCUT2D eigenvalue weighted by Gasteiger charge is -2.27. The molecule has 1 saturated carbocycles. The number of sulfonamides is 1. The summed E-state index contributed by atoms with van der Waals surface area (Å²) in [5.74, 6) is 0.407. The van der Waals surface area contributed by atoms with Gasteiger partial charge in [-0.15, -0.1) is 0 Å². The van der Waals surface area contributed by atoms with Crippen LogP contribution in [0.25, 0.3) is 0 Å². The van der Waals surface area contributed by atoms with E-state index in [9.17, 15) is 13.2 Å². The molecule has 1 aliphatic rings. The van der Waals surface area contributed by atoms with Gasteiger partial charge >= 0.3 is 0 Å². The van der Waals surface area contributed by atoms with Crippen LogP contribution in [0.4, 0.5) is 0 Å². The zero-order valence-corrected chi connectivity index (χ0v) is 20.8. The molecule has 0 saturated heterocycles. The zero-order chi connectivity index (χ0) is 24.3. The Kier molecular flexibility index (Phi) is 6.96. The summed E-state index contributed by atoms with van der Waals surface area (Å²) in [7, 11) is -3.80. The third-order valence-electron chi connectivity index (χ3n) is 6.07. The Balaban J connectivity index is 1.56. The molecule has 1 amide bonds.